The molecule has 86 valence electrons. The van der Waals surface area contributed by atoms with Gasteiger partial charge in [-0.2, -0.15) is 5.10 Å². The smallest absolute Gasteiger partial charge is 0.278 e. The molecule has 17 heavy (non-hydrogen) atoms. The van der Waals surface area contributed by atoms with Gasteiger partial charge in [0.1, 0.15) is 0 Å². The molecule has 1 fully saturated rings. The maximum Gasteiger partial charge on any atom is 0.329 e. The fourth-order valence-corrected chi connectivity index (χ4v) is 1.92. The number of para-hydroxylation sites is 1. The van der Waals surface area contributed by atoms with Gasteiger partial charge in [0, 0.05) is 18.4 Å². The van der Waals surface area contributed by atoms with Gasteiger partial charge < -0.3 is 0 Å². The number of aromatic nitrogens is 2. The van der Waals surface area contributed by atoms with Gasteiger partial charge in [-0.15, -0.1) is 0 Å². The Balaban J connectivity index is 2.04. The molecule has 1 aliphatic heterocycles. The van der Waals surface area contributed by atoms with E-state index < -0.39 is 6.03 Å². The lowest BCUT2D eigenvalue weighted by Crippen LogP contribution is -2.49. The molecule has 0 spiro atoms. The van der Waals surface area contributed by atoms with Crippen molar-refractivity contribution in [3.05, 3.63) is 24.3 Å². The zero-order valence-electron chi connectivity index (χ0n) is 8.93. The number of fused-ring (bicyclic) bond motifs is 1. The van der Waals surface area contributed by atoms with Crippen LogP contribution < -0.4 is 10.2 Å². The van der Waals surface area contributed by atoms with Crippen molar-refractivity contribution in [1.82, 2.24) is 15.5 Å². The summed E-state index contributed by atoms with van der Waals surface area (Å²) in [5.41, 5.74) is 0.868. The standard InChI is InChI=1S/C11H10N4O2/c16-9-5-6-15(11(17)12-9)10-7-3-1-2-4-8(7)13-14-10/h1-4H,5-6H2,(H,13,14)(H,12,16,17). The van der Waals surface area contributed by atoms with Gasteiger partial charge in [-0.3, -0.25) is 20.1 Å². The molecule has 2 heterocycles. The summed E-state index contributed by atoms with van der Waals surface area (Å²) in [6.07, 6.45) is 0.299. The topological polar surface area (TPSA) is 78.1 Å². The number of nitrogens with one attached hydrogen (secondary N) is 2. The molecule has 6 heteroatoms. The van der Waals surface area contributed by atoms with Gasteiger partial charge >= 0.3 is 6.03 Å². The molecule has 2 aromatic rings. The Morgan fingerprint density at radius 3 is 2.88 bits per heavy atom. The van der Waals surface area contributed by atoms with Crippen LogP contribution in [-0.4, -0.2) is 28.7 Å². The number of amides is 3. The van der Waals surface area contributed by atoms with Crippen LogP contribution in [0.3, 0.4) is 0 Å². The first-order valence-corrected chi connectivity index (χ1v) is 5.30. The average molecular weight is 230 g/mol. The van der Waals surface area contributed by atoms with Gasteiger partial charge in [0.25, 0.3) is 0 Å². The van der Waals surface area contributed by atoms with Crippen LogP contribution in [0.1, 0.15) is 6.42 Å². The van der Waals surface area contributed by atoms with E-state index >= 15 is 0 Å². The van der Waals surface area contributed by atoms with Crippen molar-refractivity contribution in [1.29, 1.82) is 0 Å². The van der Waals surface area contributed by atoms with Crippen LogP contribution >= 0.6 is 0 Å². The highest BCUT2D eigenvalue weighted by atomic mass is 16.2. The number of imide groups is 1. The van der Waals surface area contributed by atoms with Crippen molar-refractivity contribution in [3.63, 3.8) is 0 Å². The molecule has 1 saturated heterocycles. The van der Waals surface area contributed by atoms with Crippen LogP contribution in [0.5, 0.6) is 0 Å². The molecular weight excluding hydrogens is 220 g/mol. The number of aromatic amines is 1. The fourth-order valence-electron chi connectivity index (χ4n) is 1.92. The lowest BCUT2D eigenvalue weighted by atomic mass is 10.2. The van der Waals surface area contributed by atoms with E-state index in [4.69, 9.17) is 0 Å². The molecule has 2 N–H and O–H groups in total. The Hall–Kier alpha value is -2.37. The van der Waals surface area contributed by atoms with Gasteiger partial charge in [0.05, 0.1) is 5.52 Å². The molecular formula is C11H10N4O2. The molecule has 0 unspecified atom stereocenters. The predicted molar refractivity (Wildman–Crippen MR) is 61.6 cm³/mol. The van der Waals surface area contributed by atoms with Gasteiger partial charge in [-0.25, -0.2) is 4.79 Å². The summed E-state index contributed by atoms with van der Waals surface area (Å²) in [7, 11) is 0. The Morgan fingerprint density at radius 2 is 2.06 bits per heavy atom. The molecule has 1 aromatic carbocycles. The minimum Gasteiger partial charge on any atom is -0.278 e. The van der Waals surface area contributed by atoms with E-state index in [9.17, 15) is 9.59 Å². The van der Waals surface area contributed by atoms with Gasteiger partial charge in [-0.05, 0) is 12.1 Å². The summed E-state index contributed by atoms with van der Waals surface area (Å²) in [5.74, 6) is 0.316. The summed E-state index contributed by atoms with van der Waals surface area (Å²) in [6.45, 7) is 0.361. The lowest BCUT2D eigenvalue weighted by Gasteiger charge is -2.24. The maximum absolute atomic E-state index is 11.7. The van der Waals surface area contributed by atoms with E-state index in [0.29, 0.717) is 18.8 Å². The number of hydrogen-bond acceptors (Lipinski definition) is 3. The van der Waals surface area contributed by atoms with Crippen molar-refractivity contribution in [2.45, 2.75) is 6.42 Å². The van der Waals surface area contributed by atoms with Crippen molar-refractivity contribution in [2.24, 2.45) is 0 Å². The molecule has 1 aromatic heterocycles. The Bertz CT molecular complexity index is 604. The summed E-state index contributed by atoms with van der Waals surface area (Å²) < 4.78 is 0. The van der Waals surface area contributed by atoms with Crippen LogP contribution in [-0.2, 0) is 4.79 Å². The van der Waals surface area contributed by atoms with E-state index in [1.54, 1.807) is 0 Å². The zero-order chi connectivity index (χ0) is 11.8. The van der Waals surface area contributed by atoms with Crippen LogP contribution in [0.2, 0.25) is 0 Å². The number of hydrogen-bond donors (Lipinski definition) is 2. The number of urea groups is 1. The van der Waals surface area contributed by atoms with Crippen molar-refractivity contribution < 1.29 is 9.59 Å². The second-order valence-corrected chi connectivity index (χ2v) is 3.85. The SMILES string of the molecule is O=C1CCN(c2n[nH]c3ccccc23)C(=O)N1. The molecule has 0 radical (unpaired) electrons. The van der Waals surface area contributed by atoms with Gasteiger partial charge in [0.2, 0.25) is 5.91 Å². The number of carbonyl (C=O) groups is 2. The minimum atomic E-state index is -0.418. The van der Waals surface area contributed by atoms with Crippen molar-refractivity contribution >= 4 is 28.7 Å². The third-order valence-corrected chi connectivity index (χ3v) is 2.76. The van der Waals surface area contributed by atoms with Gasteiger partial charge in [-0.1, -0.05) is 12.1 Å². The lowest BCUT2D eigenvalue weighted by molar-refractivity contribution is -0.120. The van der Waals surface area contributed by atoms with E-state index in [1.165, 1.54) is 4.90 Å². The van der Waals surface area contributed by atoms with E-state index in [-0.39, 0.29) is 5.91 Å². The van der Waals surface area contributed by atoms with E-state index in [1.807, 2.05) is 24.3 Å². The van der Waals surface area contributed by atoms with Gasteiger partial charge in [0.15, 0.2) is 5.82 Å². The number of anilines is 1. The molecule has 3 amide bonds. The Morgan fingerprint density at radius 1 is 1.24 bits per heavy atom. The highest BCUT2D eigenvalue weighted by Crippen LogP contribution is 2.24. The highest BCUT2D eigenvalue weighted by Gasteiger charge is 2.26. The first-order valence-electron chi connectivity index (χ1n) is 5.30. The molecule has 3 rings (SSSR count). The average Bonchev–Trinajstić information content (AvgIpc) is 2.73. The number of nitrogens with zero attached hydrogens (tertiary/aromatic N) is 2. The summed E-state index contributed by atoms with van der Waals surface area (Å²) >= 11 is 0. The molecule has 0 atom stereocenters. The van der Waals surface area contributed by atoms with E-state index in [2.05, 4.69) is 15.5 Å². The first-order chi connectivity index (χ1) is 8.25. The number of carbonyl (C=O) groups excluding carboxylic acids is 2. The third kappa shape index (κ3) is 1.54. The predicted octanol–water partition coefficient (Wildman–Crippen LogP) is 1.01. The number of H-pyrrole nitrogens is 1. The third-order valence-electron chi connectivity index (χ3n) is 2.76. The Labute approximate surface area is 96.6 Å². The van der Waals surface area contributed by atoms with Crippen LogP contribution in [0.15, 0.2) is 24.3 Å². The first kappa shape index (κ1) is 9.83. The summed E-state index contributed by atoms with van der Waals surface area (Å²) in [5, 5.41) is 10.1. The normalized spacial score (nSPS) is 16.4. The highest BCUT2D eigenvalue weighted by molar-refractivity contribution is 6.08. The van der Waals surface area contributed by atoms with Crippen LogP contribution in [0, 0.1) is 0 Å². The van der Waals surface area contributed by atoms with Crippen LogP contribution in [0.25, 0.3) is 10.9 Å². The second-order valence-electron chi connectivity index (χ2n) is 3.85. The molecule has 0 saturated carbocycles. The largest absolute Gasteiger partial charge is 0.329 e. The van der Waals surface area contributed by atoms with Crippen molar-refractivity contribution in [3.8, 4) is 0 Å². The molecule has 6 nitrogen and oxygen atoms in total. The second kappa shape index (κ2) is 3.58. The van der Waals surface area contributed by atoms with E-state index in [0.717, 1.165) is 10.9 Å². The zero-order valence-corrected chi connectivity index (χ0v) is 8.93. The molecule has 1 aliphatic rings. The summed E-state index contributed by atoms with van der Waals surface area (Å²) in [4.78, 5) is 24.2. The molecule has 0 bridgehead atoms. The minimum absolute atomic E-state index is 0.244. The number of rotatable bonds is 1. The summed E-state index contributed by atoms with van der Waals surface area (Å²) in [6, 6.07) is 7.13. The quantitative estimate of drug-likeness (QED) is 0.767. The van der Waals surface area contributed by atoms with Crippen LogP contribution in [0.4, 0.5) is 10.6 Å². The maximum atomic E-state index is 11.7. The molecule has 0 aliphatic carbocycles. The monoisotopic (exact) mass is 230 g/mol. The Kier molecular flexibility index (Phi) is 2.07. The number of benzene rings is 1. The van der Waals surface area contributed by atoms with Crippen molar-refractivity contribution in [2.75, 3.05) is 11.4 Å². The fraction of sp³-hybridized carbons (Fsp3) is 0.182.